The monoisotopic (exact) mass is 265 g/mol. The Bertz CT molecular complexity index is 396. The van der Waals surface area contributed by atoms with Gasteiger partial charge in [-0.2, -0.15) is 0 Å². The molecular weight excluding hydrogens is 242 g/mol. The predicted octanol–water partition coefficient (Wildman–Crippen LogP) is 4.59. The first-order valence-corrected chi connectivity index (χ1v) is 7.34. The van der Waals surface area contributed by atoms with Gasteiger partial charge in [-0.05, 0) is 55.2 Å². The van der Waals surface area contributed by atoms with Gasteiger partial charge < -0.3 is 5.73 Å². The van der Waals surface area contributed by atoms with E-state index in [2.05, 4.69) is 32.9 Å². The van der Waals surface area contributed by atoms with Crippen molar-refractivity contribution in [3.8, 4) is 0 Å². The van der Waals surface area contributed by atoms with E-state index in [1.165, 1.54) is 24.8 Å². The number of hydrogen-bond acceptors (Lipinski definition) is 1. The van der Waals surface area contributed by atoms with E-state index in [0.29, 0.717) is 5.92 Å². The molecule has 0 aliphatic heterocycles. The van der Waals surface area contributed by atoms with Crippen LogP contribution in [-0.2, 0) is 5.54 Å². The first-order chi connectivity index (χ1) is 8.41. The van der Waals surface area contributed by atoms with E-state index in [1.54, 1.807) is 0 Å². The van der Waals surface area contributed by atoms with Crippen LogP contribution in [0.1, 0.15) is 45.6 Å². The van der Waals surface area contributed by atoms with Crippen molar-refractivity contribution in [3.05, 3.63) is 34.9 Å². The van der Waals surface area contributed by atoms with Crippen LogP contribution in [0, 0.1) is 17.8 Å². The maximum absolute atomic E-state index is 6.63. The molecule has 1 fully saturated rings. The summed E-state index contributed by atoms with van der Waals surface area (Å²) in [5.41, 5.74) is 7.60. The van der Waals surface area contributed by atoms with Gasteiger partial charge in [0.15, 0.2) is 0 Å². The Morgan fingerprint density at radius 1 is 1.11 bits per heavy atom. The first-order valence-electron chi connectivity index (χ1n) is 6.96. The molecule has 100 valence electrons. The molecule has 0 bridgehead atoms. The van der Waals surface area contributed by atoms with E-state index < -0.39 is 0 Å². The van der Waals surface area contributed by atoms with Crippen LogP contribution >= 0.6 is 11.6 Å². The highest BCUT2D eigenvalue weighted by molar-refractivity contribution is 6.30. The first kappa shape index (κ1) is 13.9. The molecule has 1 nitrogen and oxygen atoms in total. The normalized spacial score (nSPS) is 31.9. The van der Waals surface area contributed by atoms with Crippen molar-refractivity contribution in [2.75, 3.05) is 0 Å². The van der Waals surface area contributed by atoms with Crippen LogP contribution in [0.4, 0.5) is 0 Å². The lowest BCUT2D eigenvalue weighted by molar-refractivity contribution is 0.142. The molecule has 0 radical (unpaired) electrons. The zero-order valence-electron chi connectivity index (χ0n) is 11.6. The topological polar surface area (TPSA) is 26.0 Å². The lowest BCUT2D eigenvalue weighted by Crippen LogP contribution is -2.44. The zero-order valence-corrected chi connectivity index (χ0v) is 12.4. The minimum atomic E-state index is -0.237. The summed E-state index contributed by atoms with van der Waals surface area (Å²) in [6.07, 6.45) is 3.77. The van der Waals surface area contributed by atoms with Crippen molar-refractivity contribution in [2.45, 2.75) is 45.6 Å². The van der Waals surface area contributed by atoms with Crippen LogP contribution in [-0.4, -0.2) is 0 Å². The molecule has 1 aromatic rings. The van der Waals surface area contributed by atoms with Gasteiger partial charge in [-0.15, -0.1) is 0 Å². The SMILES string of the molecule is CC1CCC(C(C)(N)c2ccc(Cl)cc2)CC1C. The Kier molecular flexibility index (Phi) is 4.03. The summed E-state index contributed by atoms with van der Waals surface area (Å²) >= 11 is 5.95. The van der Waals surface area contributed by atoms with Crippen molar-refractivity contribution >= 4 is 11.6 Å². The Balaban J connectivity index is 2.17. The van der Waals surface area contributed by atoms with Crippen molar-refractivity contribution in [3.63, 3.8) is 0 Å². The van der Waals surface area contributed by atoms with E-state index in [4.69, 9.17) is 17.3 Å². The molecule has 2 heteroatoms. The fourth-order valence-electron chi connectivity index (χ4n) is 3.14. The third kappa shape index (κ3) is 2.73. The second-order valence-corrected chi connectivity index (χ2v) is 6.69. The van der Waals surface area contributed by atoms with Gasteiger partial charge >= 0.3 is 0 Å². The minimum Gasteiger partial charge on any atom is -0.321 e. The van der Waals surface area contributed by atoms with Gasteiger partial charge in [0, 0.05) is 10.6 Å². The number of halogens is 1. The average molecular weight is 266 g/mol. The predicted molar refractivity (Wildman–Crippen MR) is 78.7 cm³/mol. The number of benzene rings is 1. The molecule has 0 aromatic heterocycles. The fourth-order valence-corrected chi connectivity index (χ4v) is 3.26. The maximum atomic E-state index is 6.63. The van der Waals surface area contributed by atoms with Gasteiger partial charge in [-0.3, -0.25) is 0 Å². The summed E-state index contributed by atoms with van der Waals surface area (Å²) in [7, 11) is 0. The summed E-state index contributed by atoms with van der Waals surface area (Å²) < 4.78 is 0. The molecule has 0 spiro atoms. The molecule has 2 rings (SSSR count). The van der Waals surface area contributed by atoms with Gasteiger partial charge in [0.2, 0.25) is 0 Å². The molecule has 4 unspecified atom stereocenters. The number of hydrogen-bond donors (Lipinski definition) is 1. The molecule has 18 heavy (non-hydrogen) atoms. The molecular formula is C16H24ClN. The highest BCUT2D eigenvalue weighted by Gasteiger charge is 2.36. The van der Waals surface area contributed by atoms with E-state index in [1.807, 2.05) is 12.1 Å². The molecule has 0 amide bonds. The van der Waals surface area contributed by atoms with Crippen molar-refractivity contribution in [1.82, 2.24) is 0 Å². The molecule has 1 aliphatic rings. The summed E-state index contributed by atoms with van der Waals surface area (Å²) in [5, 5.41) is 0.778. The fraction of sp³-hybridized carbons (Fsp3) is 0.625. The van der Waals surface area contributed by atoms with Gasteiger partial charge in [0.1, 0.15) is 0 Å². The second kappa shape index (κ2) is 5.22. The zero-order chi connectivity index (χ0) is 13.3. The number of nitrogens with two attached hydrogens (primary N) is 1. The summed E-state index contributed by atoms with van der Waals surface area (Å²) in [6, 6.07) is 8.03. The van der Waals surface area contributed by atoms with Crippen LogP contribution in [0.5, 0.6) is 0 Å². The van der Waals surface area contributed by atoms with E-state index in [9.17, 15) is 0 Å². The summed E-state index contributed by atoms with van der Waals surface area (Å²) in [4.78, 5) is 0. The second-order valence-electron chi connectivity index (χ2n) is 6.25. The van der Waals surface area contributed by atoms with E-state index in [-0.39, 0.29) is 5.54 Å². The lowest BCUT2D eigenvalue weighted by Gasteiger charge is -2.41. The molecule has 4 atom stereocenters. The smallest absolute Gasteiger partial charge is 0.0409 e. The number of rotatable bonds is 2. The quantitative estimate of drug-likeness (QED) is 0.832. The lowest BCUT2D eigenvalue weighted by atomic mass is 9.67. The van der Waals surface area contributed by atoms with Crippen molar-refractivity contribution < 1.29 is 0 Å². The van der Waals surface area contributed by atoms with Crippen LogP contribution < -0.4 is 5.73 Å². The molecule has 2 N–H and O–H groups in total. The van der Waals surface area contributed by atoms with E-state index in [0.717, 1.165) is 16.9 Å². The van der Waals surface area contributed by atoms with Gasteiger partial charge in [0.25, 0.3) is 0 Å². The van der Waals surface area contributed by atoms with Crippen molar-refractivity contribution in [1.29, 1.82) is 0 Å². The van der Waals surface area contributed by atoms with Gasteiger partial charge in [-0.1, -0.05) is 44.0 Å². The third-order valence-electron chi connectivity index (χ3n) is 4.91. The van der Waals surface area contributed by atoms with Gasteiger partial charge in [0.05, 0.1) is 0 Å². The molecule has 1 aromatic carbocycles. The highest BCUT2D eigenvalue weighted by Crippen LogP contribution is 2.41. The Hall–Kier alpha value is -0.530. The maximum Gasteiger partial charge on any atom is 0.0409 e. The molecule has 1 aliphatic carbocycles. The van der Waals surface area contributed by atoms with Crippen LogP contribution in [0.25, 0.3) is 0 Å². The Morgan fingerprint density at radius 2 is 1.72 bits per heavy atom. The van der Waals surface area contributed by atoms with Crippen LogP contribution in [0.2, 0.25) is 5.02 Å². The minimum absolute atomic E-state index is 0.237. The van der Waals surface area contributed by atoms with E-state index >= 15 is 0 Å². The third-order valence-corrected chi connectivity index (χ3v) is 5.16. The van der Waals surface area contributed by atoms with Crippen molar-refractivity contribution in [2.24, 2.45) is 23.5 Å². The standard InChI is InChI=1S/C16H24ClN/c1-11-4-5-14(10-12(11)2)16(3,18)13-6-8-15(17)9-7-13/h6-9,11-12,14H,4-5,10,18H2,1-3H3. The molecule has 1 saturated carbocycles. The van der Waals surface area contributed by atoms with Crippen LogP contribution in [0.3, 0.4) is 0 Å². The average Bonchev–Trinajstić information content (AvgIpc) is 2.33. The Labute approximate surface area is 116 Å². The Morgan fingerprint density at radius 3 is 2.28 bits per heavy atom. The largest absolute Gasteiger partial charge is 0.321 e. The molecule has 0 heterocycles. The highest BCUT2D eigenvalue weighted by atomic mass is 35.5. The van der Waals surface area contributed by atoms with Gasteiger partial charge in [-0.25, -0.2) is 0 Å². The van der Waals surface area contributed by atoms with Crippen LogP contribution in [0.15, 0.2) is 24.3 Å². The summed E-state index contributed by atoms with van der Waals surface area (Å²) in [6.45, 7) is 6.88. The molecule has 0 saturated heterocycles. The summed E-state index contributed by atoms with van der Waals surface area (Å²) in [5.74, 6) is 2.19.